The molecule has 17 heavy (non-hydrogen) atoms. The quantitative estimate of drug-likeness (QED) is 0.770. The summed E-state index contributed by atoms with van der Waals surface area (Å²) in [4.78, 5) is 12.1. The van der Waals surface area contributed by atoms with Gasteiger partial charge in [-0.2, -0.15) is 0 Å². The number of nitrogen functional groups attached to an aromatic ring is 1. The second-order valence-electron chi connectivity index (χ2n) is 4.84. The van der Waals surface area contributed by atoms with Crippen molar-refractivity contribution < 1.29 is 4.79 Å². The van der Waals surface area contributed by atoms with Crippen molar-refractivity contribution in [1.82, 2.24) is 0 Å². The van der Waals surface area contributed by atoms with Crippen LogP contribution in [0.2, 0.25) is 0 Å². The summed E-state index contributed by atoms with van der Waals surface area (Å²) in [7, 11) is 0. The summed E-state index contributed by atoms with van der Waals surface area (Å²) < 4.78 is 0. The summed E-state index contributed by atoms with van der Waals surface area (Å²) in [5, 5.41) is 3.00. The first-order valence-electron chi connectivity index (χ1n) is 6.34. The maximum absolute atomic E-state index is 12.1. The average Bonchev–Trinajstić information content (AvgIpc) is 2.36. The van der Waals surface area contributed by atoms with Gasteiger partial charge in [-0.1, -0.05) is 25.3 Å². The molecule has 0 unspecified atom stereocenters. The van der Waals surface area contributed by atoms with Crippen molar-refractivity contribution in [3.8, 4) is 0 Å². The van der Waals surface area contributed by atoms with Crippen LogP contribution in [0.3, 0.4) is 0 Å². The minimum Gasteiger partial charge on any atom is -0.398 e. The molecule has 2 rings (SSSR count). The van der Waals surface area contributed by atoms with Crippen LogP contribution in [-0.2, 0) is 4.79 Å². The van der Waals surface area contributed by atoms with E-state index in [0.717, 1.165) is 29.8 Å². The molecule has 0 aliphatic heterocycles. The van der Waals surface area contributed by atoms with Crippen molar-refractivity contribution in [1.29, 1.82) is 0 Å². The highest BCUT2D eigenvalue weighted by Crippen LogP contribution is 2.26. The van der Waals surface area contributed by atoms with Crippen LogP contribution in [0.1, 0.15) is 37.7 Å². The normalized spacial score (nSPS) is 16.8. The first kappa shape index (κ1) is 12.0. The number of hydrogen-bond donors (Lipinski definition) is 2. The Labute approximate surface area is 102 Å². The molecule has 0 heterocycles. The van der Waals surface area contributed by atoms with E-state index in [1.165, 1.54) is 19.3 Å². The first-order valence-corrected chi connectivity index (χ1v) is 6.34. The van der Waals surface area contributed by atoms with Crippen LogP contribution in [0.25, 0.3) is 0 Å². The van der Waals surface area contributed by atoms with E-state index >= 15 is 0 Å². The molecule has 1 aliphatic rings. The lowest BCUT2D eigenvalue weighted by Crippen LogP contribution is -2.25. The lowest BCUT2D eigenvalue weighted by atomic mass is 9.88. The number of amides is 1. The van der Waals surface area contributed by atoms with Gasteiger partial charge in [-0.3, -0.25) is 4.79 Å². The molecule has 1 amide bonds. The SMILES string of the molecule is Cc1c(N)cccc1NC(=O)C1CCCCC1. The van der Waals surface area contributed by atoms with Gasteiger partial charge in [0.2, 0.25) is 5.91 Å². The van der Waals surface area contributed by atoms with E-state index in [2.05, 4.69) is 5.32 Å². The minimum absolute atomic E-state index is 0.151. The van der Waals surface area contributed by atoms with Crippen molar-refractivity contribution >= 4 is 17.3 Å². The molecule has 0 atom stereocenters. The van der Waals surface area contributed by atoms with Gasteiger partial charge in [-0.15, -0.1) is 0 Å². The van der Waals surface area contributed by atoms with Crippen molar-refractivity contribution in [3.05, 3.63) is 23.8 Å². The zero-order valence-corrected chi connectivity index (χ0v) is 10.3. The second kappa shape index (κ2) is 5.21. The van der Waals surface area contributed by atoms with Crippen LogP contribution in [0.4, 0.5) is 11.4 Å². The van der Waals surface area contributed by atoms with E-state index in [9.17, 15) is 4.79 Å². The van der Waals surface area contributed by atoms with Gasteiger partial charge in [0.1, 0.15) is 0 Å². The molecule has 0 bridgehead atoms. The minimum atomic E-state index is 0.151. The van der Waals surface area contributed by atoms with Crippen LogP contribution >= 0.6 is 0 Å². The van der Waals surface area contributed by atoms with Crippen molar-refractivity contribution in [3.63, 3.8) is 0 Å². The molecule has 3 nitrogen and oxygen atoms in total. The third kappa shape index (κ3) is 2.78. The third-order valence-corrected chi connectivity index (χ3v) is 3.61. The maximum atomic E-state index is 12.1. The lowest BCUT2D eigenvalue weighted by molar-refractivity contribution is -0.120. The Balaban J connectivity index is 2.04. The predicted molar refractivity (Wildman–Crippen MR) is 70.8 cm³/mol. The number of carbonyl (C=O) groups is 1. The Morgan fingerprint density at radius 1 is 1.29 bits per heavy atom. The van der Waals surface area contributed by atoms with E-state index in [4.69, 9.17) is 5.73 Å². The molecular formula is C14H20N2O. The van der Waals surface area contributed by atoms with Gasteiger partial charge in [-0.25, -0.2) is 0 Å². The number of rotatable bonds is 2. The van der Waals surface area contributed by atoms with Gasteiger partial charge in [0.15, 0.2) is 0 Å². The Bertz CT molecular complexity index is 409. The number of benzene rings is 1. The van der Waals surface area contributed by atoms with Gasteiger partial charge in [-0.05, 0) is 37.5 Å². The Hall–Kier alpha value is -1.51. The van der Waals surface area contributed by atoms with Gasteiger partial charge in [0.05, 0.1) is 0 Å². The summed E-state index contributed by atoms with van der Waals surface area (Å²) >= 11 is 0. The van der Waals surface area contributed by atoms with Crippen LogP contribution in [0.5, 0.6) is 0 Å². The van der Waals surface area contributed by atoms with E-state index in [1.807, 2.05) is 25.1 Å². The largest absolute Gasteiger partial charge is 0.398 e. The predicted octanol–water partition coefficient (Wildman–Crippen LogP) is 3.10. The van der Waals surface area contributed by atoms with Gasteiger partial charge in [0, 0.05) is 17.3 Å². The molecule has 1 fully saturated rings. The Kier molecular flexibility index (Phi) is 3.67. The van der Waals surface area contributed by atoms with Crippen molar-refractivity contribution in [2.75, 3.05) is 11.1 Å². The zero-order chi connectivity index (χ0) is 12.3. The summed E-state index contributed by atoms with van der Waals surface area (Å²) in [6.07, 6.45) is 5.66. The number of anilines is 2. The summed E-state index contributed by atoms with van der Waals surface area (Å²) in [5.41, 5.74) is 8.35. The zero-order valence-electron chi connectivity index (χ0n) is 10.3. The molecule has 3 N–H and O–H groups in total. The molecule has 1 saturated carbocycles. The summed E-state index contributed by atoms with van der Waals surface area (Å²) in [5.74, 6) is 0.336. The number of nitrogens with two attached hydrogens (primary N) is 1. The smallest absolute Gasteiger partial charge is 0.227 e. The van der Waals surface area contributed by atoms with E-state index in [1.54, 1.807) is 0 Å². The van der Waals surface area contributed by atoms with Gasteiger partial charge < -0.3 is 11.1 Å². The topological polar surface area (TPSA) is 55.1 Å². The van der Waals surface area contributed by atoms with Crippen molar-refractivity contribution in [2.45, 2.75) is 39.0 Å². The molecule has 1 aliphatic carbocycles. The fourth-order valence-electron chi connectivity index (χ4n) is 2.39. The Morgan fingerprint density at radius 2 is 2.00 bits per heavy atom. The summed E-state index contributed by atoms with van der Waals surface area (Å²) in [6.45, 7) is 1.94. The molecule has 0 aromatic heterocycles. The van der Waals surface area contributed by atoms with Crippen LogP contribution in [0.15, 0.2) is 18.2 Å². The summed E-state index contributed by atoms with van der Waals surface area (Å²) in [6, 6.07) is 5.64. The highest BCUT2D eigenvalue weighted by Gasteiger charge is 2.21. The fourth-order valence-corrected chi connectivity index (χ4v) is 2.39. The molecule has 0 spiro atoms. The number of nitrogens with one attached hydrogen (secondary N) is 1. The molecule has 0 radical (unpaired) electrons. The molecular weight excluding hydrogens is 212 g/mol. The third-order valence-electron chi connectivity index (χ3n) is 3.61. The highest BCUT2D eigenvalue weighted by atomic mass is 16.1. The van der Waals surface area contributed by atoms with Gasteiger partial charge >= 0.3 is 0 Å². The molecule has 92 valence electrons. The Morgan fingerprint density at radius 3 is 2.71 bits per heavy atom. The van der Waals surface area contributed by atoms with Crippen LogP contribution in [-0.4, -0.2) is 5.91 Å². The van der Waals surface area contributed by atoms with Gasteiger partial charge in [0.25, 0.3) is 0 Å². The van der Waals surface area contributed by atoms with E-state index in [-0.39, 0.29) is 11.8 Å². The van der Waals surface area contributed by atoms with E-state index < -0.39 is 0 Å². The molecule has 1 aromatic rings. The molecule has 1 aromatic carbocycles. The monoisotopic (exact) mass is 232 g/mol. The highest BCUT2D eigenvalue weighted by molar-refractivity contribution is 5.94. The fraction of sp³-hybridized carbons (Fsp3) is 0.500. The second-order valence-corrected chi connectivity index (χ2v) is 4.84. The van der Waals surface area contributed by atoms with E-state index in [0.29, 0.717) is 0 Å². The average molecular weight is 232 g/mol. The lowest BCUT2D eigenvalue weighted by Gasteiger charge is -2.21. The first-order chi connectivity index (χ1) is 8.18. The number of carbonyl (C=O) groups excluding carboxylic acids is 1. The van der Waals surface area contributed by atoms with Crippen molar-refractivity contribution in [2.24, 2.45) is 5.92 Å². The van der Waals surface area contributed by atoms with Crippen LogP contribution in [0, 0.1) is 12.8 Å². The molecule has 0 saturated heterocycles. The number of hydrogen-bond acceptors (Lipinski definition) is 2. The van der Waals surface area contributed by atoms with Crippen LogP contribution < -0.4 is 11.1 Å². The standard InChI is InChI=1S/C14H20N2O/c1-10-12(15)8-5-9-13(10)16-14(17)11-6-3-2-4-7-11/h5,8-9,11H,2-4,6-7,15H2,1H3,(H,16,17). The molecule has 3 heteroatoms. The maximum Gasteiger partial charge on any atom is 0.227 e.